The van der Waals surface area contributed by atoms with Crippen molar-refractivity contribution in [2.45, 2.75) is 0 Å². The van der Waals surface area contributed by atoms with Crippen LogP contribution in [0.2, 0.25) is 0 Å². The van der Waals surface area contributed by atoms with E-state index in [-0.39, 0.29) is 5.56 Å². The zero-order chi connectivity index (χ0) is 17.0. The number of nitrogens with one attached hydrogen (secondary N) is 2. The van der Waals surface area contributed by atoms with E-state index < -0.39 is 21.7 Å². The molecule has 122 valence electrons. The molecule has 0 radical (unpaired) electrons. The molecule has 8 heteroatoms. The van der Waals surface area contributed by atoms with Crippen molar-refractivity contribution in [1.82, 2.24) is 0 Å². The summed E-state index contributed by atoms with van der Waals surface area (Å²) in [4.78, 5) is 12.0. The molecule has 0 unspecified atom stereocenters. The summed E-state index contributed by atoms with van der Waals surface area (Å²) in [7, 11) is -1.96. The Labute approximate surface area is 133 Å². The first-order chi connectivity index (χ1) is 10.8. The predicted octanol–water partition coefficient (Wildman–Crippen LogP) is 2.46. The van der Waals surface area contributed by atoms with Crippen LogP contribution in [-0.2, 0) is 10.0 Å². The van der Waals surface area contributed by atoms with Crippen molar-refractivity contribution in [3.8, 4) is 5.75 Å². The fraction of sp³-hybridized carbons (Fsp3) is 0.133. The second-order valence-electron chi connectivity index (χ2n) is 4.75. The highest BCUT2D eigenvalue weighted by Gasteiger charge is 2.13. The second-order valence-corrected chi connectivity index (χ2v) is 6.50. The number of amides is 1. The molecule has 0 heterocycles. The Morgan fingerprint density at radius 3 is 2.22 bits per heavy atom. The fourth-order valence-electron chi connectivity index (χ4n) is 1.84. The van der Waals surface area contributed by atoms with Gasteiger partial charge in [-0.1, -0.05) is 0 Å². The van der Waals surface area contributed by atoms with Gasteiger partial charge in [0.2, 0.25) is 10.0 Å². The van der Waals surface area contributed by atoms with E-state index in [4.69, 9.17) is 4.74 Å². The van der Waals surface area contributed by atoms with Gasteiger partial charge < -0.3 is 10.1 Å². The summed E-state index contributed by atoms with van der Waals surface area (Å²) in [5.41, 5.74) is 0.648. The lowest BCUT2D eigenvalue weighted by molar-refractivity contribution is 0.102. The first-order valence-electron chi connectivity index (χ1n) is 6.51. The second kappa shape index (κ2) is 6.66. The maximum absolute atomic E-state index is 13.8. The van der Waals surface area contributed by atoms with Gasteiger partial charge in [-0.15, -0.1) is 0 Å². The van der Waals surface area contributed by atoms with Crippen LogP contribution in [0.5, 0.6) is 5.75 Å². The van der Waals surface area contributed by atoms with E-state index >= 15 is 0 Å². The molecule has 0 fully saturated rings. The number of halogens is 1. The molecule has 0 aromatic heterocycles. The SMILES string of the molecule is COc1ccc(C(=O)Nc2ccc(NS(C)(=O)=O)cc2)c(F)c1. The summed E-state index contributed by atoms with van der Waals surface area (Å²) in [6.07, 6.45) is 1.04. The summed E-state index contributed by atoms with van der Waals surface area (Å²) in [5, 5.41) is 2.53. The Kier molecular flexibility index (Phi) is 4.85. The molecule has 0 aliphatic heterocycles. The molecule has 0 saturated heterocycles. The molecular formula is C15H15FN2O4S. The zero-order valence-corrected chi connectivity index (χ0v) is 13.3. The monoisotopic (exact) mass is 338 g/mol. The minimum absolute atomic E-state index is 0.121. The van der Waals surface area contributed by atoms with E-state index in [0.29, 0.717) is 17.1 Å². The van der Waals surface area contributed by atoms with Crippen LogP contribution in [0.4, 0.5) is 15.8 Å². The molecule has 2 aromatic carbocycles. The number of sulfonamides is 1. The normalized spacial score (nSPS) is 10.9. The minimum atomic E-state index is -3.37. The number of carbonyl (C=O) groups excluding carboxylic acids is 1. The number of hydrogen-bond acceptors (Lipinski definition) is 4. The van der Waals surface area contributed by atoms with Gasteiger partial charge in [-0.25, -0.2) is 12.8 Å². The zero-order valence-electron chi connectivity index (χ0n) is 12.5. The highest BCUT2D eigenvalue weighted by molar-refractivity contribution is 7.92. The molecule has 0 atom stereocenters. The molecule has 1 amide bonds. The smallest absolute Gasteiger partial charge is 0.258 e. The maximum atomic E-state index is 13.8. The molecule has 2 aromatic rings. The van der Waals surface area contributed by atoms with Gasteiger partial charge in [0, 0.05) is 17.4 Å². The van der Waals surface area contributed by atoms with E-state index in [2.05, 4.69) is 10.0 Å². The third-order valence-electron chi connectivity index (χ3n) is 2.87. The molecule has 23 heavy (non-hydrogen) atoms. The number of hydrogen-bond donors (Lipinski definition) is 2. The third-order valence-corrected chi connectivity index (χ3v) is 3.47. The lowest BCUT2D eigenvalue weighted by Crippen LogP contribution is -2.14. The van der Waals surface area contributed by atoms with Crippen molar-refractivity contribution in [2.24, 2.45) is 0 Å². The molecular weight excluding hydrogens is 323 g/mol. The molecule has 0 saturated carbocycles. The van der Waals surface area contributed by atoms with Crippen molar-refractivity contribution in [3.63, 3.8) is 0 Å². The number of methoxy groups -OCH3 is 1. The number of anilines is 2. The molecule has 0 aliphatic rings. The van der Waals surface area contributed by atoms with Crippen molar-refractivity contribution >= 4 is 27.3 Å². The Bertz CT molecular complexity index is 820. The van der Waals surface area contributed by atoms with Gasteiger partial charge >= 0.3 is 0 Å². The van der Waals surface area contributed by atoms with E-state index in [0.717, 1.165) is 12.3 Å². The van der Waals surface area contributed by atoms with Crippen LogP contribution in [0.1, 0.15) is 10.4 Å². The van der Waals surface area contributed by atoms with Crippen LogP contribution >= 0.6 is 0 Å². The summed E-state index contributed by atoms with van der Waals surface area (Å²) in [5.74, 6) is -0.999. The molecule has 0 aliphatic carbocycles. The summed E-state index contributed by atoms with van der Waals surface area (Å²) < 4.78 is 43.2. The maximum Gasteiger partial charge on any atom is 0.258 e. The van der Waals surface area contributed by atoms with Gasteiger partial charge in [0.15, 0.2) is 0 Å². The van der Waals surface area contributed by atoms with Crippen LogP contribution in [0.25, 0.3) is 0 Å². The fourth-order valence-corrected chi connectivity index (χ4v) is 2.41. The Morgan fingerprint density at radius 1 is 1.09 bits per heavy atom. The van der Waals surface area contributed by atoms with E-state index in [1.807, 2.05) is 0 Å². The highest BCUT2D eigenvalue weighted by Crippen LogP contribution is 2.19. The van der Waals surface area contributed by atoms with Crippen LogP contribution in [0.15, 0.2) is 42.5 Å². The molecule has 0 bridgehead atoms. The van der Waals surface area contributed by atoms with Crippen molar-refractivity contribution in [1.29, 1.82) is 0 Å². The van der Waals surface area contributed by atoms with E-state index in [1.54, 1.807) is 0 Å². The van der Waals surface area contributed by atoms with Crippen molar-refractivity contribution < 1.29 is 22.3 Å². The highest BCUT2D eigenvalue weighted by atomic mass is 32.2. The average molecular weight is 338 g/mol. The lowest BCUT2D eigenvalue weighted by Gasteiger charge is -2.09. The van der Waals surface area contributed by atoms with Crippen LogP contribution < -0.4 is 14.8 Å². The van der Waals surface area contributed by atoms with Gasteiger partial charge in [0.1, 0.15) is 11.6 Å². The number of benzene rings is 2. The predicted molar refractivity (Wildman–Crippen MR) is 85.8 cm³/mol. The van der Waals surface area contributed by atoms with Crippen molar-refractivity contribution in [2.75, 3.05) is 23.4 Å². The number of carbonyl (C=O) groups is 1. The summed E-state index contributed by atoms with van der Waals surface area (Å²) in [6.45, 7) is 0. The number of rotatable bonds is 5. The van der Waals surface area contributed by atoms with Crippen LogP contribution in [-0.4, -0.2) is 27.7 Å². The molecule has 2 rings (SSSR count). The third kappa shape index (κ3) is 4.68. The molecule has 6 nitrogen and oxygen atoms in total. The quantitative estimate of drug-likeness (QED) is 0.877. The minimum Gasteiger partial charge on any atom is -0.497 e. The Morgan fingerprint density at radius 2 is 1.70 bits per heavy atom. The van der Waals surface area contributed by atoms with Crippen LogP contribution in [0, 0.1) is 5.82 Å². The van der Waals surface area contributed by atoms with Gasteiger partial charge in [-0.3, -0.25) is 9.52 Å². The van der Waals surface area contributed by atoms with Gasteiger partial charge in [-0.05, 0) is 36.4 Å². The molecule has 0 spiro atoms. The average Bonchev–Trinajstić information content (AvgIpc) is 2.47. The first-order valence-corrected chi connectivity index (χ1v) is 8.40. The van der Waals surface area contributed by atoms with E-state index in [9.17, 15) is 17.6 Å². The van der Waals surface area contributed by atoms with Crippen LogP contribution in [0.3, 0.4) is 0 Å². The van der Waals surface area contributed by atoms with Gasteiger partial charge in [-0.2, -0.15) is 0 Å². The first kappa shape index (κ1) is 16.8. The summed E-state index contributed by atoms with van der Waals surface area (Å²) in [6, 6.07) is 9.91. The Hall–Kier alpha value is -2.61. The Balaban J connectivity index is 2.11. The van der Waals surface area contributed by atoms with Crippen molar-refractivity contribution in [3.05, 3.63) is 53.8 Å². The lowest BCUT2D eigenvalue weighted by atomic mass is 10.2. The number of ether oxygens (including phenoxy) is 1. The van der Waals surface area contributed by atoms with Gasteiger partial charge in [0.05, 0.1) is 18.9 Å². The topological polar surface area (TPSA) is 84.5 Å². The standard InChI is InChI=1S/C15H15FN2O4S/c1-22-12-7-8-13(14(16)9-12)15(19)17-10-3-5-11(6-4-10)18-23(2,20)21/h3-9,18H,1-2H3,(H,17,19). The van der Waals surface area contributed by atoms with Gasteiger partial charge in [0.25, 0.3) is 5.91 Å². The largest absolute Gasteiger partial charge is 0.497 e. The van der Waals surface area contributed by atoms with E-state index in [1.165, 1.54) is 43.5 Å². The molecule has 2 N–H and O–H groups in total. The summed E-state index contributed by atoms with van der Waals surface area (Å²) >= 11 is 0.